The summed E-state index contributed by atoms with van der Waals surface area (Å²) < 4.78 is 11.2. The molecule has 0 unspecified atom stereocenters. The third kappa shape index (κ3) is 3.43. The molecule has 0 bridgehead atoms. The number of ether oxygens (including phenoxy) is 2. The molecule has 1 aromatic heterocycles. The summed E-state index contributed by atoms with van der Waals surface area (Å²) in [5.74, 6) is 2.21. The van der Waals surface area contributed by atoms with Crippen LogP contribution in [0.1, 0.15) is 12.2 Å². The fourth-order valence-electron chi connectivity index (χ4n) is 1.97. The van der Waals surface area contributed by atoms with Crippen LogP contribution in [0.2, 0.25) is 0 Å². The highest BCUT2D eigenvalue weighted by Gasteiger charge is 2.10. The molecule has 0 amide bonds. The van der Waals surface area contributed by atoms with Gasteiger partial charge in [-0.15, -0.1) is 10.2 Å². The van der Waals surface area contributed by atoms with Gasteiger partial charge in [0, 0.05) is 18.2 Å². The smallest absolute Gasteiger partial charge is 0.196 e. The Morgan fingerprint density at radius 1 is 1.36 bits per heavy atom. The molecule has 1 aromatic carbocycles. The van der Waals surface area contributed by atoms with E-state index in [1.165, 1.54) is 4.80 Å². The predicted molar refractivity (Wildman–Crippen MR) is 79.8 cm³/mol. The van der Waals surface area contributed by atoms with E-state index in [2.05, 4.69) is 25.7 Å². The molecule has 1 aliphatic heterocycles. The Kier molecular flexibility index (Phi) is 4.03. The van der Waals surface area contributed by atoms with Gasteiger partial charge in [-0.3, -0.25) is 0 Å². The van der Waals surface area contributed by atoms with E-state index in [4.69, 9.17) is 15.2 Å². The van der Waals surface area contributed by atoms with Crippen molar-refractivity contribution in [1.82, 2.24) is 20.2 Å². The van der Waals surface area contributed by atoms with Crippen LogP contribution in [0, 0.1) is 0 Å². The van der Waals surface area contributed by atoms with E-state index in [1.54, 1.807) is 7.05 Å². The highest BCUT2D eigenvalue weighted by atomic mass is 16.5. The average molecular weight is 303 g/mol. The first-order valence-corrected chi connectivity index (χ1v) is 6.90. The van der Waals surface area contributed by atoms with Crippen LogP contribution in [0.5, 0.6) is 11.5 Å². The predicted octanol–water partition coefficient (Wildman–Crippen LogP) is 0.298. The molecular formula is C13H17N7O2. The molecule has 2 heterocycles. The van der Waals surface area contributed by atoms with Gasteiger partial charge in [0.15, 0.2) is 23.3 Å². The van der Waals surface area contributed by atoms with Gasteiger partial charge < -0.3 is 20.5 Å². The summed E-state index contributed by atoms with van der Waals surface area (Å²) in [4.78, 5) is 5.54. The number of hydrogen-bond donors (Lipinski definition) is 2. The molecule has 0 saturated heterocycles. The zero-order chi connectivity index (χ0) is 15.4. The molecule has 2 aromatic rings. The van der Waals surface area contributed by atoms with Crippen LogP contribution in [0.15, 0.2) is 23.2 Å². The number of hydrogen-bond acceptors (Lipinski definition) is 6. The first kappa shape index (κ1) is 14.1. The zero-order valence-electron chi connectivity index (χ0n) is 12.2. The van der Waals surface area contributed by atoms with E-state index < -0.39 is 0 Å². The van der Waals surface area contributed by atoms with Crippen LogP contribution in [0.25, 0.3) is 0 Å². The Morgan fingerprint density at radius 2 is 2.18 bits per heavy atom. The molecule has 22 heavy (non-hydrogen) atoms. The number of aliphatic imine (C=N–C) groups is 1. The maximum Gasteiger partial charge on any atom is 0.196 e. The fourth-order valence-corrected chi connectivity index (χ4v) is 1.97. The monoisotopic (exact) mass is 303 g/mol. The summed E-state index contributed by atoms with van der Waals surface area (Å²) in [6, 6.07) is 5.54. The van der Waals surface area contributed by atoms with Crippen molar-refractivity contribution in [2.24, 2.45) is 17.8 Å². The fraction of sp³-hybridized carbons (Fsp3) is 0.385. The molecule has 0 saturated carbocycles. The quantitative estimate of drug-likeness (QED) is 0.619. The van der Waals surface area contributed by atoms with Crippen LogP contribution >= 0.6 is 0 Å². The second-order valence-electron chi connectivity index (χ2n) is 4.73. The first-order valence-electron chi connectivity index (χ1n) is 6.90. The SMILES string of the molecule is Cn1nnc(CN=C(N)Nc2ccc3c(c2)OCCCO3)n1. The van der Waals surface area contributed by atoms with Gasteiger partial charge in [0.1, 0.15) is 6.54 Å². The van der Waals surface area contributed by atoms with Crippen LogP contribution < -0.4 is 20.5 Å². The van der Waals surface area contributed by atoms with Gasteiger partial charge in [-0.1, -0.05) is 0 Å². The Hall–Kier alpha value is -2.84. The number of benzene rings is 1. The van der Waals surface area contributed by atoms with Crippen LogP contribution in [0.3, 0.4) is 0 Å². The molecule has 0 spiro atoms. The molecule has 9 heteroatoms. The van der Waals surface area contributed by atoms with Crippen molar-refractivity contribution in [1.29, 1.82) is 0 Å². The normalized spacial score (nSPS) is 14.5. The van der Waals surface area contributed by atoms with Crippen molar-refractivity contribution in [3.63, 3.8) is 0 Å². The lowest BCUT2D eigenvalue weighted by Crippen LogP contribution is -2.22. The van der Waals surface area contributed by atoms with Gasteiger partial charge >= 0.3 is 0 Å². The van der Waals surface area contributed by atoms with Gasteiger partial charge in [-0.25, -0.2) is 4.99 Å². The molecule has 0 radical (unpaired) electrons. The minimum absolute atomic E-state index is 0.261. The third-order valence-corrected chi connectivity index (χ3v) is 2.96. The minimum atomic E-state index is 0.261. The summed E-state index contributed by atoms with van der Waals surface area (Å²) in [6.07, 6.45) is 0.867. The van der Waals surface area contributed by atoms with Gasteiger partial charge in [0.25, 0.3) is 0 Å². The summed E-state index contributed by atoms with van der Waals surface area (Å²) >= 11 is 0. The Balaban J connectivity index is 1.65. The molecule has 0 aliphatic carbocycles. The van der Waals surface area contributed by atoms with Crippen molar-refractivity contribution in [2.45, 2.75) is 13.0 Å². The number of aryl methyl sites for hydroxylation is 1. The second-order valence-corrected chi connectivity index (χ2v) is 4.73. The number of nitrogens with zero attached hydrogens (tertiary/aromatic N) is 5. The molecule has 0 atom stereocenters. The molecular weight excluding hydrogens is 286 g/mol. The minimum Gasteiger partial charge on any atom is -0.490 e. The number of tetrazole rings is 1. The Bertz CT molecular complexity index is 683. The van der Waals surface area contributed by atoms with Crippen molar-refractivity contribution in [3.8, 4) is 11.5 Å². The summed E-state index contributed by atoms with van der Waals surface area (Å²) in [5.41, 5.74) is 6.63. The molecule has 3 N–H and O–H groups in total. The molecule has 0 fully saturated rings. The molecule has 116 valence electrons. The van der Waals surface area contributed by atoms with Crippen molar-refractivity contribution in [3.05, 3.63) is 24.0 Å². The van der Waals surface area contributed by atoms with E-state index in [0.29, 0.717) is 24.8 Å². The van der Waals surface area contributed by atoms with E-state index in [1.807, 2.05) is 18.2 Å². The number of nitrogens with one attached hydrogen (secondary N) is 1. The average Bonchev–Trinajstić information content (AvgIpc) is 2.78. The van der Waals surface area contributed by atoms with E-state index in [9.17, 15) is 0 Å². The number of guanidine groups is 1. The Labute approximate surface area is 127 Å². The van der Waals surface area contributed by atoms with Gasteiger partial charge in [-0.05, 0) is 17.3 Å². The van der Waals surface area contributed by atoms with E-state index in [0.717, 1.165) is 17.9 Å². The lowest BCUT2D eigenvalue weighted by molar-refractivity contribution is 0.297. The Morgan fingerprint density at radius 3 is 2.95 bits per heavy atom. The van der Waals surface area contributed by atoms with Crippen LogP contribution in [0.4, 0.5) is 5.69 Å². The third-order valence-electron chi connectivity index (χ3n) is 2.96. The summed E-state index contributed by atoms with van der Waals surface area (Å²) in [5, 5.41) is 14.6. The highest BCUT2D eigenvalue weighted by Crippen LogP contribution is 2.32. The van der Waals surface area contributed by atoms with Gasteiger partial charge in [0.05, 0.1) is 20.3 Å². The number of aromatic nitrogens is 4. The van der Waals surface area contributed by atoms with Crippen molar-refractivity contribution < 1.29 is 9.47 Å². The van der Waals surface area contributed by atoms with Crippen molar-refractivity contribution >= 4 is 11.6 Å². The maximum atomic E-state index is 5.85. The maximum absolute atomic E-state index is 5.85. The standard InChI is InChI=1S/C13H17N7O2/c1-20-18-12(17-19-20)8-15-13(14)16-9-3-4-10-11(7-9)22-6-2-5-21-10/h3-4,7H,2,5-6,8H2,1H3,(H3,14,15,16). The van der Waals surface area contributed by atoms with Crippen LogP contribution in [-0.2, 0) is 13.6 Å². The van der Waals surface area contributed by atoms with E-state index in [-0.39, 0.29) is 12.5 Å². The van der Waals surface area contributed by atoms with E-state index >= 15 is 0 Å². The number of fused-ring (bicyclic) bond motifs is 1. The van der Waals surface area contributed by atoms with Crippen LogP contribution in [-0.4, -0.2) is 39.4 Å². The largest absolute Gasteiger partial charge is 0.490 e. The summed E-state index contributed by atoms with van der Waals surface area (Å²) in [6.45, 7) is 1.56. The highest BCUT2D eigenvalue weighted by molar-refractivity contribution is 5.92. The lowest BCUT2D eigenvalue weighted by Gasteiger charge is -2.10. The zero-order valence-corrected chi connectivity index (χ0v) is 12.2. The molecule has 1 aliphatic rings. The molecule has 3 rings (SSSR count). The van der Waals surface area contributed by atoms with Gasteiger partial charge in [0.2, 0.25) is 0 Å². The number of anilines is 1. The summed E-state index contributed by atoms with van der Waals surface area (Å²) in [7, 11) is 1.69. The van der Waals surface area contributed by atoms with Gasteiger partial charge in [-0.2, -0.15) is 4.80 Å². The molecule has 9 nitrogen and oxygen atoms in total. The topological polar surface area (TPSA) is 112 Å². The lowest BCUT2D eigenvalue weighted by atomic mass is 10.3. The van der Waals surface area contributed by atoms with Crippen molar-refractivity contribution in [2.75, 3.05) is 18.5 Å². The first-order chi connectivity index (χ1) is 10.7. The number of rotatable bonds is 3. The number of nitrogens with two attached hydrogens (primary N) is 1. The second kappa shape index (κ2) is 6.29.